The van der Waals surface area contributed by atoms with E-state index in [4.69, 9.17) is 20.5 Å². The quantitative estimate of drug-likeness (QED) is 0.633. The van der Waals surface area contributed by atoms with Gasteiger partial charge in [-0.1, -0.05) is 6.07 Å². The van der Waals surface area contributed by atoms with Crippen LogP contribution in [-0.2, 0) is 4.79 Å². The summed E-state index contributed by atoms with van der Waals surface area (Å²) in [6, 6.07) is 5.64. The van der Waals surface area contributed by atoms with Gasteiger partial charge in [-0.2, -0.15) is 5.26 Å². The van der Waals surface area contributed by atoms with Crippen molar-refractivity contribution in [2.75, 3.05) is 7.11 Å². The molecule has 7 heteroatoms. The standard InChI is InChI=1S/C15H17N3O4/c1-9(2)22-12-5-4-10(7-13(12)21-3)6-11(8-16)14(19)18-15(17)20/h4-7,9H,1-3H3,(H3,17,18,19,20)/b11-6-. The topological polar surface area (TPSA) is 114 Å². The summed E-state index contributed by atoms with van der Waals surface area (Å²) in [7, 11) is 1.49. The van der Waals surface area contributed by atoms with E-state index in [1.807, 2.05) is 19.2 Å². The van der Waals surface area contributed by atoms with Crippen LogP contribution in [0.3, 0.4) is 0 Å². The molecular formula is C15H17N3O4. The van der Waals surface area contributed by atoms with Crippen LogP contribution in [0, 0.1) is 11.3 Å². The summed E-state index contributed by atoms with van der Waals surface area (Å²) < 4.78 is 10.8. The molecule has 22 heavy (non-hydrogen) atoms. The van der Waals surface area contributed by atoms with Gasteiger partial charge in [0.15, 0.2) is 11.5 Å². The lowest BCUT2D eigenvalue weighted by molar-refractivity contribution is -0.115. The summed E-state index contributed by atoms with van der Waals surface area (Å²) in [4.78, 5) is 22.2. The van der Waals surface area contributed by atoms with Crippen LogP contribution in [0.4, 0.5) is 4.79 Å². The van der Waals surface area contributed by atoms with E-state index in [9.17, 15) is 9.59 Å². The van der Waals surface area contributed by atoms with Gasteiger partial charge >= 0.3 is 6.03 Å². The third-order valence-corrected chi connectivity index (χ3v) is 2.46. The van der Waals surface area contributed by atoms with E-state index in [-0.39, 0.29) is 11.7 Å². The van der Waals surface area contributed by atoms with Gasteiger partial charge in [-0.3, -0.25) is 10.1 Å². The molecule has 7 nitrogen and oxygen atoms in total. The Hall–Kier alpha value is -3.01. The number of benzene rings is 1. The minimum Gasteiger partial charge on any atom is -0.493 e. The molecule has 0 saturated carbocycles. The number of carbonyl (C=O) groups excluding carboxylic acids is 2. The molecule has 3 amide bonds. The average molecular weight is 303 g/mol. The Labute approximate surface area is 128 Å². The highest BCUT2D eigenvalue weighted by Gasteiger charge is 2.12. The Balaban J connectivity index is 3.10. The number of methoxy groups -OCH3 is 1. The largest absolute Gasteiger partial charge is 0.493 e. The van der Waals surface area contributed by atoms with Crippen molar-refractivity contribution in [3.8, 4) is 17.6 Å². The number of rotatable bonds is 5. The highest BCUT2D eigenvalue weighted by Crippen LogP contribution is 2.29. The van der Waals surface area contributed by atoms with E-state index < -0.39 is 11.9 Å². The first-order valence-electron chi connectivity index (χ1n) is 6.44. The van der Waals surface area contributed by atoms with Crippen molar-refractivity contribution in [3.63, 3.8) is 0 Å². The SMILES string of the molecule is COc1cc(/C=C(/C#N)C(=O)NC(N)=O)ccc1OC(C)C. The predicted molar refractivity (Wildman–Crippen MR) is 80.1 cm³/mol. The fourth-order valence-electron chi connectivity index (χ4n) is 1.62. The molecule has 0 radical (unpaired) electrons. The minimum absolute atomic E-state index is 0.0219. The molecular weight excluding hydrogens is 286 g/mol. The van der Waals surface area contributed by atoms with Crippen molar-refractivity contribution in [1.82, 2.24) is 5.32 Å². The molecule has 0 bridgehead atoms. The Bertz CT molecular complexity index is 645. The van der Waals surface area contributed by atoms with Crippen LogP contribution in [0.1, 0.15) is 19.4 Å². The van der Waals surface area contributed by atoms with Gasteiger partial charge in [-0.25, -0.2) is 4.79 Å². The number of nitriles is 1. The third kappa shape index (κ3) is 4.83. The Kier molecular flexibility index (Phi) is 5.96. The zero-order valence-electron chi connectivity index (χ0n) is 12.5. The van der Waals surface area contributed by atoms with Gasteiger partial charge in [0.05, 0.1) is 13.2 Å². The molecule has 0 aromatic heterocycles. The summed E-state index contributed by atoms with van der Waals surface area (Å²) in [5, 5.41) is 10.8. The Morgan fingerprint density at radius 1 is 1.36 bits per heavy atom. The van der Waals surface area contributed by atoms with Crippen molar-refractivity contribution in [2.45, 2.75) is 20.0 Å². The van der Waals surface area contributed by atoms with Crippen molar-refractivity contribution in [3.05, 3.63) is 29.3 Å². The zero-order valence-corrected chi connectivity index (χ0v) is 12.5. The number of nitrogens with one attached hydrogen (secondary N) is 1. The number of nitrogens with zero attached hydrogens (tertiary/aromatic N) is 1. The molecule has 1 rings (SSSR count). The van der Waals surface area contributed by atoms with Crippen LogP contribution >= 0.6 is 0 Å². The number of ether oxygens (including phenoxy) is 2. The molecule has 0 heterocycles. The molecule has 0 atom stereocenters. The smallest absolute Gasteiger partial charge is 0.319 e. The molecule has 0 aliphatic heterocycles. The molecule has 0 saturated heterocycles. The second-order valence-electron chi connectivity index (χ2n) is 4.57. The van der Waals surface area contributed by atoms with Crippen LogP contribution in [-0.4, -0.2) is 25.2 Å². The lowest BCUT2D eigenvalue weighted by atomic mass is 10.1. The molecule has 0 aliphatic rings. The second-order valence-corrected chi connectivity index (χ2v) is 4.57. The lowest BCUT2D eigenvalue weighted by Crippen LogP contribution is -2.35. The summed E-state index contributed by atoms with van der Waals surface area (Å²) >= 11 is 0. The number of hydrogen-bond donors (Lipinski definition) is 2. The number of hydrogen-bond acceptors (Lipinski definition) is 5. The fraction of sp³-hybridized carbons (Fsp3) is 0.267. The lowest BCUT2D eigenvalue weighted by Gasteiger charge is -2.13. The van der Waals surface area contributed by atoms with E-state index in [0.717, 1.165) is 0 Å². The molecule has 3 N–H and O–H groups in total. The molecule has 0 fully saturated rings. The van der Waals surface area contributed by atoms with Crippen molar-refractivity contribution < 1.29 is 19.1 Å². The van der Waals surface area contributed by atoms with Gasteiger partial charge in [-0.05, 0) is 37.6 Å². The van der Waals surface area contributed by atoms with Gasteiger partial charge in [0.25, 0.3) is 5.91 Å². The average Bonchev–Trinajstić information content (AvgIpc) is 2.44. The van der Waals surface area contributed by atoms with Crippen LogP contribution in [0.5, 0.6) is 11.5 Å². The number of nitrogens with two attached hydrogens (primary N) is 1. The predicted octanol–water partition coefficient (Wildman–Crippen LogP) is 1.58. The first kappa shape index (κ1) is 17.0. The van der Waals surface area contributed by atoms with E-state index in [1.165, 1.54) is 13.2 Å². The normalized spacial score (nSPS) is 10.8. The van der Waals surface area contributed by atoms with Crippen molar-refractivity contribution >= 4 is 18.0 Å². The van der Waals surface area contributed by atoms with Crippen molar-refractivity contribution in [1.29, 1.82) is 5.26 Å². The monoisotopic (exact) mass is 303 g/mol. The van der Waals surface area contributed by atoms with E-state index in [2.05, 4.69) is 0 Å². The number of urea groups is 1. The van der Waals surface area contributed by atoms with Crippen LogP contribution < -0.4 is 20.5 Å². The van der Waals surface area contributed by atoms with Gasteiger partial charge in [-0.15, -0.1) is 0 Å². The van der Waals surface area contributed by atoms with E-state index >= 15 is 0 Å². The van der Waals surface area contributed by atoms with Gasteiger partial charge in [0.1, 0.15) is 11.6 Å². The van der Waals surface area contributed by atoms with E-state index in [0.29, 0.717) is 17.1 Å². The van der Waals surface area contributed by atoms with Crippen molar-refractivity contribution in [2.24, 2.45) is 5.73 Å². The summed E-state index contributed by atoms with van der Waals surface area (Å²) in [5.41, 5.74) is 5.14. The molecule has 1 aromatic rings. The maximum Gasteiger partial charge on any atom is 0.319 e. The van der Waals surface area contributed by atoms with Crippen LogP contribution in [0.25, 0.3) is 6.08 Å². The molecule has 0 aliphatic carbocycles. The molecule has 0 unspecified atom stereocenters. The van der Waals surface area contributed by atoms with Gasteiger partial charge in [0.2, 0.25) is 0 Å². The second kappa shape index (κ2) is 7.69. The zero-order chi connectivity index (χ0) is 16.7. The van der Waals surface area contributed by atoms with Gasteiger partial charge < -0.3 is 15.2 Å². The summed E-state index contributed by atoms with van der Waals surface area (Å²) in [6.45, 7) is 3.77. The van der Waals surface area contributed by atoms with E-state index in [1.54, 1.807) is 24.3 Å². The first-order valence-corrected chi connectivity index (χ1v) is 6.44. The Morgan fingerprint density at radius 2 is 2.05 bits per heavy atom. The molecule has 116 valence electrons. The highest BCUT2D eigenvalue weighted by atomic mass is 16.5. The molecule has 0 spiro atoms. The van der Waals surface area contributed by atoms with Crippen LogP contribution in [0.2, 0.25) is 0 Å². The summed E-state index contributed by atoms with van der Waals surface area (Å²) in [5.74, 6) is 0.154. The third-order valence-electron chi connectivity index (χ3n) is 2.46. The fourth-order valence-corrected chi connectivity index (χ4v) is 1.62. The first-order chi connectivity index (χ1) is 10.4. The van der Waals surface area contributed by atoms with Crippen LogP contribution in [0.15, 0.2) is 23.8 Å². The summed E-state index contributed by atoms with van der Waals surface area (Å²) in [6.07, 6.45) is 1.30. The highest BCUT2D eigenvalue weighted by molar-refractivity contribution is 6.08. The number of amides is 3. The number of carbonyl (C=O) groups is 2. The number of imide groups is 1. The maximum atomic E-state index is 11.6. The van der Waals surface area contributed by atoms with Gasteiger partial charge in [0, 0.05) is 0 Å². The Morgan fingerprint density at radius 3 is 2.55 bits per heavy atom. The number of primary amides is 1. The molecule has 1 aromatic carbocycles. The maximum absolute atomic E-state index is 11.6. The minimum atomic E-state index is -1.02.